The van der Waals surface area contributed by atoms with Crippen LogP contribution < -0.4 is 30.1 Å². The first-order valence-corrected chi connectivity index (χ1v) is 35.3. The van der Waals surface area contributed by atoms with E-state index in [1.165, 1.54) is 91.6 Å². The molecule has 36 heteroatoms. The molecule has 0 saturated carbocycles. The number of halogens is 6. The Kier molecular flexibility index (Phi) is 25.6. The number of anilines is 3. The van der Waals surface area contributed by atoms with Crippen LogP contribution in [-0.4, -0.2) is 125 Å². The van der Waals surface area contributed by atoms with Gasteiger partial charge in [-0.1, -0.05) is 75.3 Å². The first-order chi connectivity index (χ1) is 44.2. The fourth-order valence-corrected chi connectivity index (χ4v) is 16.9. The molecule has 3 aromatic carbocycles. The molecule has 3 saturated heterocycles. The van der Waals surface area contributed by atoms with Crippen molar-refractivity contribution < 1.29 is 52.8 Å². The predicted molar refractivity (Wildman–Crippen MR) is 369 cm³/mol. The first-order valence-electron chi connectivity index (χ1n) is 27.4. The molecule has 24 nitrogen and oxygen atoms in total. The van der Waals surface area contributed by atoms with E-state index in [2.05, 4.69) is 60.0 Å². The Morgan fingerprint density at radius 3 is 0.938 bits per heavy atom. The summed E-state index contributed by atoms with van der Waals surface area (Å²) in [6, 6.07) is 17.3. The molecule has 9 aromatic rings. The van der Waals surface area contributed by atoms with E-state index in [0.29, 0.717) is 15.0 Å². The number of carbonyl (C=O) groups is 3. The minimum Gasteiger partial charge on any atom is -0.325 e. The Hall–Kier alpha value is -7.32. The zero-order valence-electron chi connectivity index (χ0n) is 48.4. The number of thiazole rings is 3. The molecule has 3 aliphatic heterocycles. The highest BCUT2D eigenvalue weighted by Gasteiger charge is 2.44. The van der Waals surface area contributed by atoms with Crippen LogP contribution in [0.3, 0.4) is 0 Å². The summed E-state index contributed by atoms with van der Waals surface area (Å²) in [6.07, 6.45) is 15.5. The van der Waals surface area contributed by atoms with Crippen molar-refractivity contribution in [1.29, 1.82) is 0 Å². The summed E-state index contributed by atoms with van der Waals surface area (Å²) in [5.41, 5.74) is 3.40. The van der Waals surface area contributed by atoms with Crippen molar-refractivity contribution in [2.45, 2.75) is 77.8 Å². The summed E-state index contributed by atoms with van der Waals surface area (Å²) in [4.78, 5) is 66.4. The van der Waals surface area contributed by atoms with Gasteiger partial charge in [-0.2, -0.15) is 52.3 Å². The van der Waals surface area contributed by atoms with E-state index in [-0.39, 0.29) is 73.7 Å². The molecule has 510 valence electrons. The standard InChI is InChI=1S/3C19H17ClFN5O3S2.3CH4/c3*1-26-16(18(27)24-12-4-5-14(21)13(20)7-12)8-15(25-31(26,28)29)19-23-10-17(30-19)11-3-2-6-22-9-11;;;/h3*2-7,9-10,15-16,25H,8H2,1H3,(H,24,27);3*1H4/t2*15-,16+;;;;/m10..../s1. The molecule has 3 amide bonds. The Morgan fingerprint density at radius 1 is 0.448 bits per heavy atom. The number of carbonyl (C=O) groups excluding carboxylic acids is 3. The van der Waals surface area contributed by atoms with Crippen LogP contribution in [-0.2, 0) is 45.0 Å². The number of amides is 3. The Balaban J connectivity index is 0.000000200. The lowest BCUT2D eigenvalue weighted by molar-refractivity contribution is -0.120. The van der Waals surface area contributed by atoms with Crippen molar-refractivity contribution in [1.82, 2.24) is 57.0 Å². The van der Waals surface area contributed by atoms with Crippen LogP contribution >= 0.6 is 68.8 Å². The van der Waals surface area contributed by atoms with Gasteiger partial charge in [0.2, 0.25) is 17.7 Å². The molecule has 6 N–H and O–H groups in total. The van der Waals surface area contributed by atoms with Crippen molar-refractivity contribution in [3.8, 4) is 31.3 Å². The molecular weight excluding hydrogens is 1430 g/mol. The number of benzene rings is 3. The van der Waals surface area contributed by atoms with Gasteiger partial charge in [-0.25, -0.2) is 28.1 Å². The second-order valence-corrected chi connectivity index (χ2v) is 30.3. The highest BCUT2D eigenvalue weighted by Crippen LogP contribution is 2.38. The second kappa shape index (κ2) is 32.4. The lowest BCUT2D eigenvalue weighted by atomic mass is 10.1. The van der Waals surface area contributed by atoms with E-state index in [1.807, 2.05) is 18.2 Å². The van der Waals surface area contributed by atoms with E-state index < -0.39 is 102 Å². The largest absolute Gasteiger partial charge is 0.325 e. The van der Waals surface area contributed by atoms with Crippen molar-refractivity contribution >= 4 is 134 Å². The number of hydrogen-bond donors (Lipinski definition) is 6. The quantitative estimate of drug-likeness (QED) is 0.0662. The van der Waals surface area contributed by atoms with Gasteiger partial charge in [0.25, 0.3) is 30.6 Å². The van der Waals surface area contributed by atoms with Gasteiger partial charge < -0.3 is 16.0 Å². The molecular formula is C60H63Cl3F3N15O9S6. The summed E-state index contributed by atoms with van der Waals surface area (Å²) in [6.45, 7) is 0. The van der Waals surface area contributed by atoms with Crippen LogP contribution in [0.15, 0.2) is 147 Å². The van der Waals surface area contributed by atoms with E-state index in [0.717, 1.165) is 62.4 Å². The van der Waals surface area contributed by atoms with Crippen LogP contribution in [0.5, 0.6) is 0 Å². The highest BCUT2D eigenvalue weighted by molar-refractivity contribution is 7.87. The second-order valence-electron chi connectivity index (χ2n) is 20.6. The minimum atomic E-state index is -3.92. The van der Waals surface area contributed by atoms with E-state index in [1.54, 1.807) is 74.0 Å². The first kappa shape index (κ1) is 76.1. The molecule has 0 aliphatic carbocycles. The molecule has 6 aromatic heterocycles. The third-order valence-corrected chi connectivity index (χ3v) is 23.6. The number of nitrogens with zero attached hydrogens (tertiary/aromatic N) is 9. The molecule has 3 fully saturated rings. The van der Waals surface area contributed by atoms with Crippen LogP contribution in [0.1, 0.15) is 74.7 Å². The van der Waals surface area contributed by atoms with Gasteiger partial charge >= 0.3 is 0 Å². The third-order valence-electron chi connectivity index (χ3n) is 14.5. The Morgan fingerprint density at radius 2 is 0.708 bits per heavy atom. The zero-order valence-corrected chi connectivity index (χ0v) is 55.5. The maximum absolute atomic E-state index is 13.4. The van der Waals surface area contributed by atoms with Crippen LogP contribution in [0.2, 0.25) is 15.1 Å². The van der Waals surface area contributed by atoms with Crippen molar-refractivity contribution in [3.05, 3.63) is 194 Å². The fraction of sp³-hybridized carbons (Fsp3) is 0.250. The number of rotatable bonds is 12. The molecule has 0 spiro atoms. The molecule has 96 heavy (non-hydrogen) atoms. The van der Waals surface area contributed by atoms with E-state index >= 15 is 0 Å². The maximum atomic E-state index is 13.4. The number of likely N-dealkylation sites (N-methyl/N-ethyl adjacent to an activating group) is 3. The Labute approximate surface area is 580 Å². The summed E-state index contributed by atoms with van der Waals surface area (Å²) in [5.74, 6) is -3.50. The Bertz CT molecular complexity index is 4120. The molecule has 0 radical (unpaired) electrons. The van der Waals surface area contributed by atoms with Crippen LogP contribution in [0.4, 0.5) is 30.2 Å². The number of aromatic nitrogens is 6. The fourth-order valence-electron chi connectivity index (χ4n) is 9.49. The maximum Gasteiger partial charge on any atom is 0.280 e. The van der Waals surface area contributed by atoms with E-state index in [4.69, 9.17) is 34.8 Å². The number of nitrogens with one attached hydrogen (secondary N) is 6. The minimum absolute atomic E-state index is 0. The van der Waals surface area contributed by atoms with E-state index in [9.17, 15) is 52.8 Å². The summed E-state index contributed by atoms with van der Waals surface area (Å²) in [5, 5.41) is 8.99. The average molecular weight is 1490 g/mol. The van der Waals surface area contributed by atoms with Gasteiger partial charge in [0.05, 0.1) is 47.8 Å². The average Bonchev–Trinajstić information content (AvgIpc) is 1.32. The van der Waals surface area contributed by atoms with Crippen molar-refractivity contribution in [2.24, 2.45) is 0 Å². The normalized spacial score (nSPS) is 20.3. The predicted octanol–water partition coefficient (Wildman–Crippen LogP) is 11.6. The lowest BCUT2D eigenvalue weighted by Gasteiger charge is -2.35. The van der Waals surface area contributed by atoms with Gasteiger partial charge in [0, 0.05) is 111 Å². The topological polar surface area (TPSA) is 313 Å². The molecule has 0 bridgehead atoms. The summed E-state index contributed by atoms with van der Waals surface area (Å²) in [7, 11) is -7.81. The number of pyridine rings is 3. The van der Waals surface area contributed by atoms with Crippen LogP contribution in [0, 0.1) is 17.5 Å². The monoisotopic (exact) mass is 1490 g/mol. The lowest BCUT2D eigenvalue weighted by Crippen LogP contribution is -2.55. The molecule has 6 atom stereocenters. The molecule has 3 aliphatic rings. The smallest absolute Gasteiger partial charge is 0.280 e. The van der Waals surface area contributed by atoms with Gasteiger partial charge in [0.1, 0.15) is 50.6 Å². The number of hydrogen-bond acceptors (Lipinski definition) is 18. The summed E-state index contributed by atoms with van der Waals surface area (Å²) < 4.78 is 127. The highest BCUT2D eigenvalue weighted by atomic mass is 35.5. The summed E-state index contributed by atoms with van der Waals surface area (Å²) >= 11 is 21.3. The van der Waals surface area contributed by atoms with Gasteiger partial charge in [0.15, 0.2) is 0 Å². The molecule has 12 rings (SSSR count). The third kappa shape index (κ3) is 18.1. The molecule has 2 unspecified atom stereocenters. The van der Waals surface area contributed by atoms with Gasteiger partial charge in [-0.05, 0) is 92.1 Å². The van der Waals surface area contributed by atoms with Gasteiger partial charge in [-0.15, -0.1) is 34.0 Å². The van der Waals surface area contributed by atoms with Crippen molar-refractivity contribution in [2.75, 3.05) is 37.1 Å². The molecule has 9 heterocycles. The van der Waals surface area contributed by atoms with Crippen molar-refractivity contribution in [3.63, 3.8) is 0 Å². The van der Waals surface area contributed by atoms with Crippen LogP contribution in [0.25, 0.3) is 31.3 Å². The zero-order chi connectivity index (χ0) is 66.5. The SMILES string of the molecule is C.C.C.CN1C(C(=O)Nc2ccc(F)c(Cl)c2)CC(c2ncc(-c3cccnc3)s2)NS1(=O)=O.CN1[C@@H](C(=O)Nc2ccc(F)c(Cl)c2)C[C@@H](c2ncc(-c3cccnc3)s2)NS1(=O)=O.CN1[C@H](C(=O)Nc2ccc(F)c(Cl)c2)C[C@H](c2ncc(-c3cccnc3)s2)NS1(=O)=O. The van der Waals surface area contributed by atoms with Gasteiger partial charge in [-0.3, -0.25) is 29.3 Å².